The van der Waals surface area contributed by atoms with Crippen molar-refractivity contribution < 1.29 is 4.42 Å². The molecule has 5 heteroatoms. The minimum Gasteiger partial charge on any atom is -0.455 e. The van der Waals surface area contributed by atoms with Crippen LogP contribution in [0.4, 0.5) is 11.5 Å². The zero-order valence-electron chi connectivity index (χ0n) is 23.3. The number of hydrogen-bond acceptors (Lipinski definition) is 3. The Bertz CT molecular complexity index is 2630. The molecule has 3 aliphatic rings. The predicted octanol–water partition coefficient (Wildman–Crippen LogP) is 8.24. The van der Waals surface area contributed by atoms with Crippen molar-refractivity contribution in [1.82, 2.24) is 8.97 Å². The summed E-state index contributed by atoms with van der Waals surface area (Å²) < 4.78 is 11.9. The molecule has 2 aliphatic carbocycles. The van der Waals surface area contributed by atoms with Gasteiger partial charge < -0.3 is 19.6 Å². The first-order valence-corrected chi connectivity index (χ1v) is 15.2. The van der Waals surface area contributed by atoms with Gasteiger partial charge in [-0.2, -0.15) is 0 Å². The summed E-state index contributed by atoms with van der Waals surface area (Å²) in [5.41, 5.74) is 10.6. The molecule has 2 atom stereocenters. The van der Waals surface area contributed by atoms with Gasteiger partial charge in [0.25, 0.3) is 0 Å². The number of allylic oxidation sites excluding steroid dienone is 2. The lowest BCUT2D eigenvalue weighted by molar-refractivity contribution is 0.672. The first kappa shape index (κ1) is 22.2. The van der Waals surface area contributed by atoms with Gasteiger partial charge in [-0.3, -0.25) is 4.40 Å². The fraction of sp³-hybridized carbons (Fsp3) is 0.105. The zero-order chi connectivity index (χ0) is 27.8. The number of nitrogens with one attached hydrogen (secondary N) is 2. The fourth-order valence-corrected chi connectivity index (χ4v) is 8.28. The first-order valence-electron chi connectivity index (χ1n) is 15.2. The quantitative estimate of drug-likeness (QED) is 0.215. The van der Waals surface area contributed by atoms with Crippen LogP contribution in [0.1, 0.15) is 12.0 Å². The topological polar surface area (TPSA) is 46.5 Å². The van der Waals surface area contributed by atoms with E-state index in [-0.39, 0.29) is 12.1 Å². The van der Waals surface area contributed by atoms with Crippen LogP contribution in [0.15, 0.2) is 108 Å². The maximum atomic E-state index is 6.88. The van der Waals surface area contributed by atoms with E-state index >= 15 is 0 Å². The summed E-state index contributed by atoms with van der Waals surface area (Å²) in [5, 5.41) is 15.3. The first-order chi connectivity index (χ1) is 21.4. The molecule has 2 unspecified atom stereocenters. The van der Waals surface area contributed by atoms with E-state index in [2.05, 4.69) is 129 Å². The number of fused-ring (bicyclic) bond motifs is 16. The van der Waals surface area contributed by atoms with Gasteiger partial charge in [0, 0.05) is 37.8 Å². The highest BCUT2D eigenvalue weighted by atomic mass is 16.3. The molecule has 11 rings (SSSR count). The molecular weight excluding hydrogens is 528 g/mol. The van der Waals surface area contributed by atoms with E-state index < -0.39 is 0 Å². The van der Waals surface area contributed by atoms with E-state index in [1.165, 1.54) is 65.5 Å². The molecule has 0 saturated carbocycles. The van der Waals surface area contributed by atoms with E-state index in [0.29, 0.717) is 0 Å². The van der Waals surface area contributed by atoms with Gasteiger partial charge in [0.15, 0.2) is 0 Å². The van der Waals surface area contributed by atoms with Crippen molar-refractivity contribution in [2.75, 3.05) is 10.6 Å². The lowest BCUT2D eigenvalue weighted by Crippen LogP contribution is -2.42. The molecule has 5 nitrogen and oxygen atoms in total. The number of nitrogens with zero attached hydrogens (tertiary/aromatic N) is 2. The van der Waals surface area contributed by atoms with Crippen LogP contribution < -0.4 is 15.9 Å². The maximum Gasteiger partial charge on any atom is 0.145 e. The molecule has 0 radical (unpaired) electrons. The Morgan fingerprint density at radius 2 is 1.47 bits per heavy atom. The minimum absolute atomic E-state index is 0.183. The Kier molecular flexibility index (Phi) is 3.97. The Labute approximate surface area is 246 Å². The molecule has 0 spiro atoms. The molecule has 0 amide bonds. The molecule has 2 N–H and O–H groups in total. The van der Waals surface area contributed by atoms with Gasteiger partial charge in [-0.1, -0.05) is 85.0 Å². The molecule has 0 saturated heterocycles. The van der Waals surface area contributed by atoms with Gasteiger partial charge in [-0.15, -0.1) is 0 Å². The normalized spacial score (nSPS) is 18.9. The standard InChI is InChI=1S/C38H26N4O/c1-2-11-21(12-3-1)41-28-19-8-4-13-22(28)30-31-23-14-5-9-20-29(23)43-37(31)32-24-15-10-16-25-33-38(42(34(24)25)36(32)35(30)41)40-27-18-7-6-17-26(27)39-33/h1-9,11-14,16-20,26-27,39-40H,10,15H2. The molecule has 4 aromatic carbocycles. The number of anilines is 2. The number of benzene rings is 4. The van der Waals surface area contributed by atoms with Crippen molar-refractivity contribution in [3.05, 3.63) is 114 Å². The van der Waals surface area contributed by atoms with Crippen LogP contribution in [0, 0.1) is 0 Å². The predicted molar refractivity (Wildman–Crippen MR) is 178 cm³/mol. The minimum atomic E-state index is 0.183. The summed E-state index contributed by atoms with van der Waals surface area (Å²) >= 11 is 0. The molecular formula is C38H26N4O. The average molecular weight is 555 g/mol. The lowest BCUT2D eigenvalue weighted by atomic mass is 9.96. The zero-order valence-corrected chi connectivity index (χ0v) is 23.3. The van der Waals surface area contributed by atoms with Crippen molar-refractivity contribution in [2.24, 2.45) is 0 Å². The number of furan rings is 1. The second-order valence-corrected chi connectivity index (χ2v) is 12.1. The number of aryl methyl sites for hydroxylation is 1. The third-order valence-corrected chi connectivity index (χ3v) is 9.93. The van der Waals surface area contributed by atoms with Gasteiger partial charge in [0.05, 0.1) is 39.8 Å². The van der Waals surface area contributed by atoms with Crippen LogP contribution in [0.3, 0.4) is 0 Å². The molecule has 0 fully saturated rings. The molecule has 43 heavy (non-hydrogen) atoms. The van der Waals surface area contributed by atoms with Gasteiger partial charge in [0.2, 0.25) is 0 Å². The molecule has 5 heterocycles. The second kappa shape index (κ2) is 7.69. The van der Waals surface area contributed by atoms with Crippen molar-refractivity contribution in [3.8, 4) is 5.69 Å². The van der Waals surface area contributed by atoms with Crippen molar-refractivity contribution in [2.45, 2.75) is 24.9 Å². The highest BCUT2D eigenvalue weighted by Crippen LogP contribution is 2.50. The molecule has 8 aromatic rings. The van der Waals surface area contributed by atoms with Gasteiger partial charge in [0.1, 0.15) is 17.0 Å². The summed E-state index contributed by atoms with van der Waals surface area (Å²) in [6, 6.07) is 28.6. The highest BCUT2D eigenvalue weighted by Gasteiger charge is 2.35. The Balaban J connectivity index is 1.47. The highest BCUT2D eigenvalue weighted by molar-refractivity contribution is 6.37. The van der Waals surface area contributed by atoms with Crippen LogP contribution in [-0.4, -0.2) is 21.1 Å². The summed E-state index contributed by atoms with van der Waals surface area (Å²) in [5.74, 6) is 1.14. The average Bonchev–Trinajstić information content (AvgIpc) is 3.79. The van der Waals surface area contributed by atoms with E-state index in [1.54, 1.807) is 0 Å². The van der Waals surface area contributed by atoms with Gasteiger partial charge in [-0.25, -0.2) is 0 Å². The molecule has 0 bridgehead atoms. The van der Waals surface area contributed by atoms with Gasteiger partial charge >= 0.3 is 0 Å². The second-order valence-electron chi connectivity index (χ2n) is 12.1. The summed E-state index contributed by atoms with van der Waals surface area (Å²) in [6.07, 6.45) is 13.2. The number of para-hydroxylation sites is 3. The smallest absolute Gasteiger partial charge is 0.145 e. The number of rotatable bonds is 1. The maximum absolute atomic E-state index is 6.88. The molecule has 204 valence electrons. The van der Waals surface area contributed by atoms with Crippen molar-refractivity contribution in [1.29, 1.82) is 0 Å². The third-order valence-electron chi connectivity index (χ3n) is 9.93. The summed E-state index contributed by atoms with van der Waals surface area (Å²) in [7, 11) is 0. The number of aromatic nitrogens is 2. The van der Waals surface area contributed by atoms with E-state index in [0.717, 1.165) is 35.5 Å². The van der Waals surface area contributed by atoms with E-state index in [4.69, 9.17) is 4.42 Å². The number of hydrogen-bond donors (Lipinski definition) is 2. The molecule has 4 aromatic heterocycles. The fourth-order valence-electron chi connectivity index (χ4n) is 8.28. The van der Waals surface area contributed by atoms with Crippen LogP contribution in [0.5, 0.6) is 0 Å². The van der Waals surface area contributed by atoms with Crippen LogP contribution in [0.25, 0.3) is 71.9 Å². The Hall–Kier alpha value is -5.42. The Morgan fingerprint density at radius 1 is 0.698 bits per heavy atom. The SMILES string of the molecule is C1=CC2Nc3c(n4c5c(c6c7oc8ccccc8c7c7c8ccccc8n(-c8ccccc8)c7c64)CCC=c35)NC2C=C1. The van der Waals surface area contributed by atoms with Crippen LogP contribution in [-0.2, 0) is 6.42 Å². The molecule has 1 aliphatic heterocycles. The third kappa shape index (κ3) is 2.61. The van der Waals surface area contributed by atoms with Gasteiger partial charge in [-0.05, 0) is 42.7 Å². The largest absolute Gasteiger partial charge is 0.455 e. The lowest BCUT2D eigenvalue weighted by Gasteiger charge is -2.33. The van der Waals surface area contributed by atoms with Crippen LogP contribution in [0.2, 0.25) is 0 Å². The Morgan fingerprint density at radius 3 is 2.35 bits per heavy atom. The van der Waals surface area contributed by atoms with Crippen molar-refractivity contribution in [3.63, 3.8) is 0 Å². The monoisotopic (exact) mass is 554 g/mol. The summed E-state index contributed by atoms with van der Waals surface area (Å²) in [6.45, 7) is 0. The van der Waals surface area contributed by atoms with E-state index in [1.807, 2.05) is 0 Å². The summed E-state index contributed by atoms with van der Waals surface area (Å²) in [4.78, 5) is 0. The van der Waals surface area contributed by atoms with E-state index in [9.17, 15) is 0 Å². The van der Waals surface area contributed by atoms with Crippen molar-refractivity contribution >= 4 is 77.7 Å². The van der Waals surface area contributed by atoms with Crippen LogP contribution >= 0.6 is 0 Å².